The van der Waals surface area contributed by atoms with Crippen LogP contribution in [0, 0.1) is 6.92 Å². The van der Waals surface area contributed by atoms with Crippen molar-refractivity contribution in [3.05, 3.63) is 10.9 Å². The molecule has 0 bridgehead atoms. The van der Waals surface area contributed by atoms with Gasteiger partial charge in [0.1, 0.15) is 16.8 Å². The lowest BCUT2D eigenvalue weighted by molar-refractivity contribution is -0.169. The molecule has 20 N–H and O–H groups in total. The van der Waals surface area contributed by atoms with E-state index in [1.54, 1.807) is 6.92 Å². The zero-order chi connectivity index (χ0) is 20.4. The van der Waals surface area contributed by atoms with E-state index in [9.17, 15) is 0 Å². The van der Waals surface area contributed by atoms with Crippen molar-refractivity contribution in [3.63, 3.8) is 0 Å². The smallest absolute Gasteiger partial charge is 0.237 e. The van der Waals surface area contributed by atoms with Gasteiger partial charge in [0.05, 0.1) is 39.8 Å². The molecule has 0 aliphatic rings. The zero-order valence-electron chi connectivity index (χ0n) is 14.7. The SMILES string of the molecule is Cc1c(N)c(N)c(N)c(N)c1-c1oc2c(N)c(N)c(N)c(N)c2c(=[NH2+])c1N. The number of hydrogen-bond acceptors (Lipinski definition) is 10. The molecule has 142 valence electrons. The molecule has 0 radical (unpaired) electrons. The van der Waals surface area contributed by atoms with E-state index in [0.29, 0.717) is 11.1 Å². The normalized spacial score (nSPS) is 11.1. The molecule has 0 aliphatic carbocycles. The minimum atomic E-state index is 0.0659. The van der Waals surface area contributed by atoms with Crippen LogP contribution in [-0.2, 0) is 0 Å². The van der Waals surface area contributed by atoms with E-state index < -0.39 is 0 Å². The third kappa shape index (κ3) is 2.11. The first-order valence-corrected chi connectivity index (χ1v) is 7.79. The molecule has 0 spiro atoms. The molecular formula is C16H23N10O+. The van der Waals surface area contributed by atoms with Crippen LogP contribution in [-0.4, -0.2) is 0 Å². The molecule has 3 rings (SSSR count). The van der Waals surface area contributed by atoms with Gasteiger partial charge >= 0.3 is 0 Å². The van der Waals surface area contributed by atoms with Crippen molar-refractivity contribution in [2.24, 2.45) is 0 Å². The third-order valence-electron chi connectivity index (χ3n) is 4.77. The molecule has 2 aromatic carbocycles. The highest BCUT2D eigenvalue weighted by atomic mass is 16.3. The van der Waals surface area contributed by atoms with Crippen LogP contribution in [0.2, 0.25) is 0 Å². The molecule has 3 aromatic rings. The second-order valence-electron chi connectivity index (χ2n) is 6.27. The van der Waals surface area contributed by atoms with Crippen LogP contribution in [0.5, 0.6) is 0 Å². The number of hydrogen-bond donors (Lipinski definition) is 10. The standard InChI is InChI=1S/C16H22N10O/c1-2-3(6(18)10(22)9(21)5(2)17)15-13(25)8(20)4-7(19)11(23)12(24)14(26)16(4)27-15/h20H,17-19,21-26H2,1H3/p+1. The van der Waals surface area contributed by atoms with Crippen LogP contribution in [0.1, 0.15) is 5.56 Å². The summed E-state index contributed by atoms with van der Waals surface area (Å²) in [6.07, 6.45) is 0. The van der Waals surface area contributed by atoms with E-state index in [2.05, 4.69) is 0 Å². The summed E-state index contributed by atoms with van der Waals surface area (Å²) in [7, 11) is 0. The Morgan fingerprint density at radius 3 is 1.67 bits per heavy atom. The van der Waals surface area contributed by atoms with Crippen LogP contribution in [0.3, 0.4) is 0 Å². The van der Waals surface area contributed by atoms with Crippen LogP contribution in [0.15, 0.2) is 4.42 Å². The van der Waals surface area contributed by atoms with Gasteiger partial charge in [0, 0.05) is 5.56 Å². The summed E-state index contributed by atoms with van der Waals surface area (Å²) in [6, 6.07) is 0. The van der Waals surface area contributed by atoms with Crippen molar-refractivity contribution < 1.29 is 9.83 Å². The molecule has 0 saturated carbocycles. The maximum absolute atomic E-state index is 6.21. The van der Waals surface area contributed by atoms with Crippen molar-refractivity contribution in [1.29, 1.82) is 0 Å². The molecule has 11 nitrogen and oxygen atoms in total. The van der Waals surface area contributed by atoms with Crippen LogP contribution in [0.25, 0.3) is 22.3 Å². The molecule has 1 aromatic heterocycles. The first-order chi connectivity index (χ1) is 12.5. The lowest BCUT2D eigenvalue weighted by Crippen LogP contribution is -2.47. The van der Waals surface area contributed by atoms with Crippen molar-refractivity contribution in [2.75, 3.05) is 51.6 Å². The lowest BCUT2D eigenvalue weighted by atomic mass is 9.97. The molecule has 1 heterocycles. The first kappa shape index (κ1) is 17.7. The number of benzene rings is 2. The minimum Gasteiger partial charge on any atom is -0.451 e. The third-order valence-corrected chi connectivity index (χ3v) is 4.77. The van der Waals surface area contributed by atoms with Gasteiger partial charge in [0.15, 0.2) is 11.3 Å². The average Bonchev–Trinajstić information content (AvgIpc) is 2.64. The Morgan fingerprint density at radius 2 is 1.07 bits per heavy atom. The maximum atomic E-state index is 6.21. The van der Waals surface area contributed by atoms with Crippen LogP contribution < -0.4 is 62.4 Å². The summed E-state index contributed by atoms with van der Waals surface area (Å²) in [5, 5.41) is 6.57. The van der Waals surface area contributed by atoms with E-state index in [0.717, 1.165) is 0 Å². The lowest BCUT2D eigenvalue weighted by Gasteiger charge is -2.18. The van der Waals surface area contributed by atoms with Gasteiger partial charge < -0.3 is 56.0 Å². The maximum Gasteiger partial charge on any atom is 0.237 e. The summed E-state index contributed by atoms with van der Waals surface area (Å²) in [4.78, 5) is 0. The van der Waals surface area contributed by atoms with E-state index in [1.165, 1.54) is 0 Å². The van der Waals surface area contributed by atoms with E-state index in [4.69, 9.17) is 61.4 Å². The molecule has 0 aliphatic heterocycles. The Hall–Kier alpha value is -4.15. The van der Waals surface area contributed by atoms with Crippen LogP contribution >= 0.6 is 0 Å². The summed E-state index contributed by atoms with van der Waals surface area (Å²) >= 11 is 0. The highest BCUT2D eigenvalue weighted by molar-refractivity contribution is 6.10. The minimum absolute atomic E-state index is 0.0659. The summed E-state index contributed by atoms with van der Waals surface area (Å²) in [6.45, 7) is 1.70. The highest BCUT2D eigenvalue weighted by Crippen LogP contribution is 2.45. The Labute approximate surface area is 153 Å². The monoisotopic (exact) mass is 371 g/mol. The number of nitrogens with two attached hydrogens (primary N) is 10. The number of anilines is 9. The Balaban J connectivity index is 2.57. The van der Waals surface area contributed by atoms with Gasteiger partial charge in [0.2, 0.25) is 5.36 Å². The van der Waals surface area contributed by atoms with E-state index in [-0.39, 0.29) is 73.3 Å². The molecule has 0 unspecified atom stereocenters. The van der Waals surface area contributed by atoms with Gasteiger partial charge in [-0.1, -0.05) is 0 Å². The van der Waals surface area contributed by atoms with E-state index >= 15 is 0 Å². The molecule has 0 amide bonds. The Kier molecular flexibility index (Phi) is 3.55. The molecule has 0 atom stereocenters. The number of nitrogen functional groups attached to an aromatic ring is 9. The predicted octanol–water partition coefficient (Wildman–Crippen LogP) is -1.69. The van der Waals surface area contributed by atoms with Gasteiger partial charge in [-0.3, -0.25) is 5.41 Å². The van der Waals surface area contributed by atoms with Crippen molar-refractivity contribution in [2.45, 2.75) is 6.92 Å². The van der Waals surface area contributed by atoms with Crippen LogP contribution in [0.4, 0.5) is 51.2 Å². The van der Waals surface area contributed by atoms with Crippen molar-refractivity contribution in [3.8, 4) is 11.3 Å². The van der Waals surface area contributed by atoms with Gasteiger partial charge in [-0.2, -0.15) is 0 Å². The predicted molar refractivity (Wildman–Crippen MR) is 111 cm³/mol. The molecular weight excluding hydrogens is 348 g/mol. The Morgan fingerprint density at radius 1 is 0.593 bits per heavy atom. The Bertz CT molecular complexity index is 1170. The summed E-state index contributed by atoms with van der Waals surface area (Å²) < 4.78 is 5.94. The van der Waals surface area contributed by atoms with E-state index in [1.807, 2.05) is 0 Å². The summed E-state index contributed by atoms with van der Waals surface area (Å²) in [5.74, 6) is 0.115. The highest BCUT2D eigenvalue weighted by Gasteiger charge is 2.26. The fourth-order valence-corrected chi connectivity index (χ4v) is 3.03. The van der Waals surface area contributed by atoms with Crippen molar-refractivity contribution >= 4 is 62.2 Å². The topological polar surface area (TPSA) is 273 Å². The quantitative estimate of drug-likeness (QED) is 0.216. The largest absolute Gasteiger partial charge is 0.451 e. The molecule has 0 saturated heterocycles. The van der Waals surface area contributed by atoms with Gasteiger partial charge in [-0.15, -0.1) is 0 Å². The number of rotatable bonds is 1. The fraction of sp³-hybridized carbons (Fsp3) is 0.0625. The average molecular weight is 371 g/mol. The zero-order valence-corrected chi connectivity index (χ0v) is 14.7. The van der Waals surface area contributed by atoms with Gasteiger partial charge in [-0.25, -0.2) is 0 Å². The second-order valence-corrected chi connectivity index (χ2v) is 6.27. The molecule has 27 heavy (non-hydrogen) atoms. The van der Waals surface area contributed by atoms with Crippen molar-refractivity contribution in [1.82, 2.24) is 0 Å². The summed E-state index contributed by atoms with van der Waals surface area (Å²) in [5.41, 5.74) is 56.2. The fourth-order valence-electron chi connectivity index (χ4n) is 3.03. The molecule has 0 fully saturated rings. The van der Waals surface area contributed by atoms with Gasteiger partial charge in [-0.05, 0) is 12.5 Å². The molecule has 11 heteroatoms. The van der Waals surface area contributed by atoms with Gasteiger partial charge in [0.25, 0.3) is 0 Å². The first-order valence-electron chi connectivity index (χ1n) is 7.79. The number of fused-ring (bicyclic) bond motifs is 1. The second kappa shape index (κ2) is 5.42.